The zero-order chi connectivity index (χ0) is 11.8. The Labute approximate surface area is 92.6 Å². The highest BCUT2D eigenvalue weighted by Crippen LogP contribution is 2.18. The van der Waals surface area contributed by atoms with Crippen molar-refractivity contribution in [3.8, 4) is 0 Å². The molecule has 1 saturated heterocycles. The molecule has 0 radical (unpaired) electrons. The minimum atomic E-state index is -0.891. The van der Waals surface area contributed by atoms with Crippen LogP contribution in [-0.2, 0) is 4.79 Å². The third kappa shape index (κ3) is 8.18. The Morgan fingerprint density at radius 3 is 1.93 bits per heavy atom. The van der Waals surface area contributed by atoms with Gasteiger partial charge in [0.1, 0.15) is 0 Å². The molecule has 0 aliphatic carbocycles. The van der Waals surface area contributed by atoms with E-state index in [0.29, 0.717) is 0 Å². The van der Waals surface area contributed by atoms with Gasteiger partial charge in [0.2, 0.25) is 0 Å². The van der Waals surface area contributed by atoms with E-state index in [0.717, 1.165) is 24.1 Å². The summed E-state index contributed by atoms with van der Waals surface area (Å²) in [7, 11) is 0. The highest BCUT2D eigenvalue weighted by atomic mass is 16.4. The number of carbonyl (C=O) groups is 1. The van der Waals surface area contributed by atoms with Gasteiger partial charge in [-0.15, -0.1) is 0 Å². The van der Waals surface area contributed by atoms with E-state index in [4.69, 9.17) is 5.11 Å². The molecule has 3 heteroatoms. The number of hydrogen-bond acceptors (Lipinski definition) is 2. The molecule has 1 heterocycles. The van der Waals surface area contributed by atoms with Gasteiger partial charge >= 0.3 is 5.97 Å². The molecule has 2 N–H and O–H groups in total. The number of hydrogen-bond donors (Lipinski definition) is 2. The molecule has 1 aliphatic heterocycles. The minimum Gasteiger partial charge on any atom is -0.478 e. The van der Waals surface area contributed by atoms with Crippen LogP contribution >= 0.6 is 0 Å². The molecule has 0 spiro atoms. The smallest absolute Gasteiger partial charge is 0.327 e. The van der Waals surface area contributed by atoms with Gasteiger partial charge in [0, 0.05) is 18.2 Å². The Bertz CT molecular complexity index is 189. The van der Waals surface area contributed by atoms with Crippen LogP contribution in [0.4, 0.5) is 0 Å². The van der Waals surface area contributed by atoms with Crippen molar-refractivity contribution in [2.24, 2.45) is 5.92 Å². The first kappa shape index (κ1) is 14.2. The molecule has 2 unspecified atom stereocenters. The van der Waals surface area contributed by atoms with Crippen LogP contribution in [0.2, 0.25) is 0 Å². The summed E-state index contributed by atoms with van der Waals surface area (Å²) in [5.74, 6) is 0.0359. The maximum Gasteiger partial charge on any atom is 0.327 e. The van der Waals surface area contributed by atoms with E-state index in [9.17, 15) is 4.79 Å². The van der Waals surface area contributed by atoms with Crippen LogP contribution in [0, 0.1) is 5.92 Å². The second kappa shape index (κ2) is 7.46. The summed E-state index contributed by atoms with van der Waals surface area (Å²) in [6.07, 6.45) is 5.26. The number of rotatable bonds is 1. The summed E-state index contributed by atoms with van der Waals surface area (Å²) < 4.78 is 0. The van der Waals surface area contributed by atoms with E-state index in [1.807, 2.05) is 0 Å². The molecule has 0 saturated carbocycles. The van der Waals surface area contributed by atoms with E-state index >= 15 is 0 Å². The zero-order valence-electron chi connectivity index (χ0n) is 10.2. The Hall–Kier alpha value is -0.830. The summed E-state index contributed by atoms with van der Waals surface area (Å²) in [5, 5.41) is 11.3. The van der Waals surface area contributed by atoms with Crippen LogP contribution in [0.3, 0.4) is 0 Å². The molecule has 15 heavy (non-hydrogen) atoms. The summed E-state index contributed by atoms with van der Waals surface area (Å²) >= 11 is 0. The van der Waals surface area contributed by atoms with Crippen molar-refractivity contribution in [3.63, 3.8) is 0 Å². The molecule has 0 bridgehead atoms. The standard InChI is InChI=1S/C8H17N.C4H6O2/c1-6-4-7(2)9-8(3)5-6;1-2-3-4(5)6/h6-9H,4-5H2,1-3H3;2-3H,1H3,(H,5,6)/b;3-2+. The van der Waals surface area contributed by atoms with Gasteiger partial charge in [-0.1, -0.05) is 13.0 Å². The summed E-state index contributed by atoms with van der Waals surface area (Å²) in [6.45, 7) is 8.54. The van der Waals surface area contributed by atoms with Crippen molar-refractivity contribution < 1.29 is 9.90 Å². The van der Waals surface area contributed by atoms with Crippen LogP contribution in [0.15, 0.2) is 12.2 Å². The lowest BCUT2D eigenvalue weighted by molar-refractivity contribution is -0.131. The lowest BCUT2D eigenvalue weighted by Gasteiger charge is -2.30. The van der Waals surface area contributed by atoms with Crippen molar-refractivity contribution >= 4 is 5.97 Å². The van der Waals surface area contributed by atoms with Crippen molar-refractivity contribution in [2.45, 2.75) is 52.6 Å². The number of carboxylic acids is 1. The SMILES string of the molecule is C/C=C/C(=O)O.CC1CC(C)NC(C)C1. The fraction of sp³-hybridized carbons (Fsp3) is 0.750. The minimum absolute atomic E-state index is 0.740. The molecular weight excluding hydrogens is 190 g/mol. The molecule has 1 aliphatic rings. The molecule has 88 valence electrons. The van der Waals surface area contributed by atoms with Crippen molar-refractivity contribution in [1.29, 1.82) is 0 Å². The number of aliphatic carboxylic acids is 1. The van der Waals surface area contributed by atoms with Crippen molar-refractivity contribution in [2.75, 3.05) is 0 Å². The quantitative estimate of drug-likeness (QED) is 0.658. The third-order valence-corrected chi connectivity index (χ3v) is 2.39. The second-order valence-electron chi connectivity index (χ2n) is 4.38. The Kier molecular flexibility index (Phi) is 7.05. The van der Waals surface area contributed by atoms with Gasteiger partial charge in [-0.25, -0.2) is 4.79 Å². The molecular formula is C12H23NO2. The first-order valence-corrected chi connectivity index (χ1v) is 5.57. The van der Waals surface area contributed by atoms with Crippen LogP contribution in [0.1, 0.15) is 40.5 Å². The number of carboxylic acid groups (broad SMARTS) is 1. The van der Waals surface area contributed by atoms with Gasteiger partial charge in [-0.05, 0) is 39.5 Å². The van der Waals surface area contributed by atoms with Crippen LogP contribution in [0.25, 0.3) is 0 Å². The van der Waals surface area contributed by atoms with E-state index in [1.165, 1.54) is 18.9 Å². The molecule has 0 aromatic heterocycles. The third-order valence-electron chi connectivity index (χ3n) is 2.39. The highest BCUT2D eigenvalue weighted by Gasteiger charge is 2.18. The molecule has 1 rings (SSSR count). The average Bonchev–Trinajstić information content (AvgIpc) is 2.00. The lowest BCUT2D eigenvalue weighted by Crippen LogP contribution is -2.41. The molecule has 0 aromatic rings. The zero-order valence-corrected chi connectivity index (χ0v) is 10.2. The van der Waals surface area contributed by atoms with Gasteiger partial charge in [-0.3, -0.25) is 0 Å². The van der Waals surface area contributed by atoms with Crippen LogP contribution < -0.4 is 5.32 Å². The summed E-state index contributed by atoms with van der Waals surface area (Å²) in [5.41, 5.74) is 0. The lowest BCUT2D eigenvalue weighted by atomic mass is 9.91. The first-order valence-electron chi connectivity index (χ1n) is 5.57. The summed E-state index contributed by atoms with van der Waals surface area (Å²) in [4.78, 5) is 9.51. The molecule has 1 fully saturated rings. The van der Waals surface area contributed by atoms with E-state index in [1.54, 1.807) is 6.92 Å². The second-order valence-corrected chi connectivity index (χ2v) is 4.38. The number of allylic oxidation sites excluding steroid dienone is 1. The van der Waals surface area contributed by atoms with Gasteiger partial charge < -0.3 is 10.4 Å². The number of piperidine rings is 1. The van der Waals surface area contributed by atoms with Gasteiger partial charge in [0.25, 0.3) is 0 Å². The van der Waals surface area contributed by atoms with Crippen molar-refractivity contribution in [3.05, 3.63) is 12.2 Å². The first-order chi connectivity index (χ1) is 6.95. The van der Waals surface area contributed by atoms with E-state index < -0.39 is 5.97 Å². The number of nitrogens with one attached hydrogen (secondary N) is 1. The largest absolute Gasteiger partial charge is 0.478 e. The Morgan fingerprint density at radius 1 is 1.27 bits per heavy atom. The fourth-order valence-corrected chi connectivity index (χ4v) is 2.07. The van der Waals surface area contributed by atoms with E-state index in [2.05, 4.69) is 26.1 Å². The Balaban J connectivity index is 0.000000288. The normalized spacial score (nSPS) is 30.8. The maximum atomic E-state index is 9.51. The van der Waals surface area contributed by atoms with Gasteiger partial charge in [0.15, 0.2) is 0 Å². The predicted molar refractivity (Wildman–Crippen MR) is 62.9 cm³/mol. The van der Waals surface area contributed by atoms with Gasteiger partial charge in [0.05, 0.1) is 0 Å². The van der Waals surface area contributed by atoms with Gasteiger partial charge in [-0.2, -0.15) is 0 Å². The maximum absolute atomic E-state index is 9.51. The highest BCUT2D eigenvalue weighted by molar-refractivity contribution is 5.79. The topological polar surface area (TPSA) is 49.3 Å². The van der Waals surface area contributed by atoms with Crippen LogP contribution in [0.5, 0.6) is 0 Å². The molecule has 3 nitrogen and oxygen atoms in total. The van der Waals surface area contributed by atoms with Crippen LogP contribution in [-0.4, -0.2) is 23.2 Å². The average molecular weight is 213 g/mol. The predicted octanol–water partition coefficient (Wildman–Crippen LogP) is 2.43. The Morgan fingerprint density at radius 2 is 1.73 bits per heavy atom. The molecule has 0 amide bonds. The molecule has 2 atom stereocenters. The molecule has 0 aromatic carbocycles. The monoisotopic (exact) mass is 213 g/mol. The summed E-state index contributed by atoms with van der Waals surface area (Å²) in [6, 6.07) is 1.48. The fourth-order valence-electron chi connectivity index (χ4n) is 2.07. The van der Waals surface area contributed by atoms with E-state index in [-0.39, 0.29) is 0 Å². The van der Waals surface area contributed by atoms with Crippen molar-refractivity contribution in [1.82, 2.24) is 5.32 Å².